The zero-order valence-corrected chi connectivity index (χ0v) is 13.4. The molecule has 1 aliphatic rings. The number of hydrogen-bond donors (Lipinski definition) is 1. The third-order valence-electron chi connectivity index (χ3n) is 4.51. The largest absolute Gasteiger partial charge is 0.339 e. The molecule has 2 rings (SSSR count). The predicted molar refractivity (Wildman–Crippen MR) is 86.0 cm³/mol. The number of amides is 1. The van der Waals surface area contributed by atoms with Crippen LogP contribution in [0.15, 0.2) is 24.3 Å². The molecular weight excluding hydrogens is 262 g/mol. The van der Waals surface area contributed by atoms with Crippen molar-refractivity contribution in [3.05, 3.63) is 35.4 Å². The number of likely N-dealkylation sites (N-methyl/N-ethyl adjacent to an activating group) is 1. The third-order valence-corrected chi connectivity index (χ3v) is 4.51. The second-order valence-corrected chi connectivity index (χ2v) is 5.84. The molecule has 1 aromatic carbocycles. The number of rotatable bonds is 5. The lowest BCUT2D eigenvalue weighted by Crippen LogP contribution is -2.41. The first kappa shape index (κ1) is 16.0. The van der Waals surface area contributed by atoms with Gasteiger partial charge in [0.1, 0.15) is 6.04 Å². The van der Waals surface area contributed by atoms with Crippen molar-refractivity contribution in [1.29, 1.82) is 0 Å². The third kappa shape index (κ3) is 3.63. The Labute approximate surface area is 127 Å². The van der Waals surface area contributed by atoms with Gasteiger partial charge in [-0.15, -0.1) is 0 Å². The molecule has 0 bridgehead atoms. The molecule has 1 aromatic rings. The van der Waals surface area contributed by atoms with Crippen LogP contribution in [0.25, 0.3) is 0 Å². The fourth-order valence-corrected chi connectivity index (χ4v) is 3.09. The van der Waals surface area contributed by atoms with E-state index < -0.39 is 6.04 Å². The van der Waals surface area contributed by atoms with Gasteiger partial charge in [0.25, 0.3) is 0 Å². The van der Waals surface area contributed by atoms with Gasteiger partial charge in [-0.05, 0) is 32.0 Å². The van der Waals surface area contributed by atoms with Crippen LogP contribution in [-0.2, 0) is 4.79 Å². The monoisotopic (exact) mass is 289 g/mol. The highest BCUT2D eigenvalue weighted by Crippen LogP contribution is 2.20. The van der Waals surface area contributed by atoms with Crippen LogP contribution in [0.3, 0.4) is 0 Å². The maximum atomic E-state index is 12.6. The number of nitrogens with two attached hydrogens (primary N) is 1. The van der Waals surface area contributed by atoms with E-state index in [0.29, 0.717) is 6.04 Å². The topological polar surface area (TPSA) is 49.6 Å². The van der Waals surface area contributed by atoms with Gasteiger partial charge in [-0.1, -0.05) is 43.7 Å². The Kier molecular flexibility index (Phi) is 5.37. The number of benzene rings is 1. The summed E-state index contributed by atoms with van der Waals surface area (Å²) in [7, 11) is 0. The molecule has 2 N–H and O–H groups in total. The van der Waals surface area contributed by atoms with Gasteiger partial charge in [-0.3, -0.25) is 9.69 Å². The SMILES string of the molecule is CCN(CC)C1CCN(C(=O)C(N)c2ccc(C)cc2)C1. The maximum absolute atomic E-state index is 12.6. The summed E-state index contributed by atoms with van der Waals surface area (Å²) in [5, 5.41) is 0. The van der Waals surface area contributed by atoms with Gasteiger partial charge < -0.3 is 10.6 Å². The van der Waals surface area contributed by atoms with E-state index in [-0.39, 0.29) is 5.91 Å². The van der Waals surface area contributed by atoms with E-state index in [0.717, 1.165) is 38.2 Å². The molecule has 116 valence electrons. The first-order valence-electron chi connectivity index (χ1n) is 7.91. The molecule has 2 unspecified atom stereocenters. The van der Waals surface area contributed by atoms with Crippen LogP contribution in [0.5, 0.6) is 0 Å². The Morgan fingerprint density at radius 1 is 1.33 bits per heavy atom. The lowest BCUT2D eigenvalue weighted by molar-refractivity contribution is -0.131. The summed E-state index contributed by atoms with van der Waals surface area (Å²) in [6.07, 6.45) is 1.05. The van der Waals surface area contributed by atoms with Crippen LogP contribution in [0.1, 0.15) is 37.4 Å². The van der Waals surface area contributed by atoms with E-state index in [9.17, 15) is 4.79 Å². The first-order chi connectivity index (χ1) is 10.1. The molecule has 1 heterocycles. The molecule has 1 aliphatic heterocycles. The molecule has 0 spiro atoms. The van der Waals surface area contributed by atoms with Gasteiger partial charge >= 0.3 is 0 Å². The maximum Gasteiger partial charge on any atom is 0.244 e. The number of carbonyl (C=O) groups is 1. The summed E-state index contributed by atoms with van der Waals surface area (Å²) >= 11 is 0. The molecule has 0 saturated carbocycles. The number of aryl methyl sites for hydroxylation is 1. The standard InChI is InChI=1S/C17H27N3O/c1-4-19(5-2)15-10-11-20(12-15)17(21)16(18)14-8-6-13(3)7-9-14/h6-9,15-16H,4-5,10-12,18H2,1-3H3. The van der Waals surface area contributed by atoms with Gasteiger partial charge in [-0.25, -0.2) is 0 Å². The Balaban J connectivity index is 1.99. The van der Waals surface area contributed by atoms with E-state index in [2.05, 4.69) is 18.7 Å². The van der Waals surface area contributed by atoms with Gasteiger partial charge in [0.05, 0.1) is 0 Å². The van der Waals surface area contributed by atoms with Crippen molar-refractivity contribution in [2.75, 3.05) is 26.2 Å². The van der Waals surface area contributed by atoms with Crippen LogP contribution >= 0.6 is 0 Å². The summed E-state index contributed by atoms with van der Waals surface area (Å²) in [5.41, 5.74) is 8.23. The quantitative estimate of drug-likeness (QED) is 0.901. The Morgan fingerprint density at radius 2 is 1.95 bits per heavy atom. The zero-order chi connectivity index (χ0) is 15.4. The Bertz CT molecular complexity index is 467. The summed E-state index contributed by atoms with van der Waals surface area (Å²) in [4.78, 5) is 16.9. The van der Waals surface area contributed by atoms with E-state index in [1.807, 2.05) is 36.1 Å². The smallest absolute Gasteiger partial charge is 0.244 e. The van der Waals surface area contributed by atoms with Gasteiger partial charge in [0.2, 0.25) is 5.91 Å². The first-order valence-corrected chi connectivity index (χ1v) is 7.91. The minimum Gasteiger partial charge on any atom is -0.339 e. The van der Waals surface area contributed by atoms with Gasteiger partial charge in [0, 0.05) is 19.1 Å². The van der Waals surface area contributed by atoms with Gasteiger partial charge in [0.15, 0.2) is 0 Å². The molecule has 0 aromatic heterocycles. The fraction of sp³-hybridized carbons (Fsp3) is 0.588. The van der Waals surface area contributed by atoms with E-state index >= 15 is 0 Å². The minimum atomic E-state index is -0.541. The van der Waals surface area contributed by atoms with Crippen molar-refractivity contribution in [2.45, 2.75) is 39.3 Å². The summed E-state index contributed by atoms with van der Waals surface area (Å²) in [6.45, 7) is 10.1. The molecule has 0 radical (unpaired) electrons. The zero-order valence-electron chi connectivity index (χ0n) is 13.4. The average Bonchev–Trinajstić information content (AvgIpc) is 2.97. The second-order valence-electron chi connectivity index (χ2n) is 5.84. The molecule has 4 nitrogen and oxygen atoms in total. The highest BCUT2D eigenvalue weighted by atomic mass is 16.2. The Hall–Kier alpha value is -1.39. The number of likely N-dealkylation sites (tertiary alicyclic amines) is 1. The molecule has 1 amide bonds. The highest BCUT2D eigenvalue weighted by molar-refractivity contribution is 5.83. The Morgan fingerprint density at radius 3 is 2.52 bits per heavy atom. The van der Waals surface area contributed by atoms with Crippen LogP contribution in [0.2, 0.25) is 0 Å². The summed E-state index contributed by atoms with van der Waals surface area (Å²) in [6, 6.07) is 7.86. The van der Waals surface area contributed by atoms with Crippen LogP contribution in [0.4, 0.5) is 0 Å². The van der Waals surface area contributed by atoms with Crippen molar-refractivity contribution in [3.8, 4) is 0 Å². The molecule has 2 atom stereocenters. The van der Waals surface area contributed by atoms with E-state index in [1.165, 1.54) is 5.56 Å². The van der Waals surface area contributed by atoms with Crippen molar-refractivity contribution in [1.82, 2.24) is 9.80 Å². The summed E-state index contributed by atoms with van der Waals surface area (Å²) in [5.74, 6) is 0.0495. The highest BCUT2D eigenvalue weighted by Gasteiger charge is 2.31. The fourth-order valence-electron chi connectivity index (χ4n) is 3.09. The number of hydrogen-bond acceptors (Lipinski definition) is 3. The lowest BCUT2D eigenvalue weighted by Gasteiger charge is -2.27. The van der Waals surface area contributed by atoms with Crippen molar-refractivity contribution >= 4 is 5.91 Å². The van der Waals surface area contributed by atoms with Gasteiger partial charge in [-0.2, -0.15) is 0 Å². The van der Waals surface area contributed by atoms with E-state index in [4.69, 9.17) is 5.73 Å². The number of carbonyl (C=O) groups excluding carboxylic acids is 1. The van der Waals surface area contributed by atoms with E-state index in [1.54, 1.807) is 0 Å². The molecule has 21 heavy (non-hydrogen) atoms. The number of nitrogens with zero attached hydrogens (tertiary/aromatic N) is 2. The second kappa shape index (κ2) is 7.05. The van der Waals surface area contributed by atoms with Crippen LogP contribution in [-0.4, -0.2) is 47.9 Å². The predicted octanol–water partition coefficient (Wildman–Crippen LogP) is 1.94. The van der Waals surface area contributed by atoms with Crippen LogP contribution in [0, 0.1) is 6.92 Å². The normalized spacial score (nSPS) is 20.0. The summed E-state index contributed by atoms with van der Waals surface area (Å²) < 4.78 is 0. The molecule has 1 saturated heterocycles. The van der Waals surface area contributed by atoms with Crippen molar-refractivity contribution in [2.24, 2.45) is 5.73 Å². The molecule has 0 aliphatic carbocycles. The van der Waals surface area contributed by atoms with Crippen molar-refractivity contribution < 1.29 is 4.79 Å². The average molecular weight is 289 g/mol. The molecule has 4 heteroatoms. The van der Waals surface area contributed by atoms with Crippen molar-refractivity contribution in [3.63, 3.8) is 0 Å². The van der Waals surface area contributed by atoms with Crippen LogP contribution < -0.4 is 5.73 Å². The molecular formula is C17H27N3O. The lowest BCUT2D eigenvalue weighted by atomic mass is 10.0. The molecule has 1 fully saturated rings. The minimum absolute atomic E-state index is 0.0495.